The number of hydrogen-bond acceptors (Lipinski definition) is 6. The maximum absolute atomic E-state index is 12.2. The lowest BCUT2D eigenvalue weighted by molar-refractivity contribution is -0.0588. The average Bonchev–Trinajstić information content (AvgIpc) is 3.31. The summed E-state index contributed by atoms with van der Waals surface area (Å²) in [7, 11) is 1.76. The molecule has 0 N–H and O–H groups in total. The number of carbonyl (C=O) groups is 3. The number of aromatic nitrogens is 4. The first-order chi connectivity index (χ1) is 12.0. The van der Waals surface area contributed by atoms with E-state index in [1.807, 2.05) is 0 Å². The lowest BCUT2D eigenvalue weighted by Gasteiger charge is -2.11. The Kier molecular flexibility index (Phi) is 3.21. The number of fused-ring (bicyclic) bond motifs is 1. The molecule has 0 fully saturated rings. The van der Waals surface area contributed by atoms with Crippen LogP contribution in [0.5, 0.6) is 0 Å². The SMILES string of the molecule is Cn1cc(-n2cnc(C(=O)ON3C(=O)c4ccccc4C3=O)c2)cn1. The highest BCUT2D eigenvalue weighted by atomic mass is 16.7. The number of imide groups is 1. The second-order valence-corrected chi connectivity index (χ2v) is 5.37. The summed E-state index contributed by atoms with van der Waals surface area (Å²) in [6, 6.07) is 6.26. The zero-order chi connectivity index (χ0) is 17.6. The van der Waals surface area contributed by atoms with E-state index in [0.717, 1.165) is 0 Å². The van der Waals surface area contributed by atoms with Gasteiger partial charge in [-0.25, -0.2) is 9.78 Å². The third-order valence-electron chi connectivity index (χ3n) is 3.71. The van der Waals surface area contributed by atoms with Crippen LogP contribution in [-0.4, -0.2) is 42.2 Å². The molecule has 1 aliphatic heterocycles. The Morgan fingerprint density at radius 3 is 2.36 bits per heavy atom. The van der Waals surface area contributed by atoms with Crippen LogP contribution in [-0.2, 0) is 11.9 Å². The molecule has 0 saturated carbocycles. The lowest BCUT2D eigenvalue weighted by Crippen LogP contribution is -2.32. The van der Waals surface area contributed by atoms with E-state index in [-0.39, 0.29) is 16.8 Å². The Hall–Kier alpha value is -3.75. The van der Waals surface area contributed by atoms with Crippen molar-refractivity contribution < 1.29 is 19.2 Å². The fourth-order valence-corrected chi connectivity index (χ4v) is 2.49. The van der Waals surface area contributed by atoms with Gasteiger partial charge in [0.05, 0.1) is 23.0 Å². The Labute approximate surface area is 141 Å². The Morgan fingerprint density at radius 2 is 1.76 bits per heavy atom. The number of imidazole rings is 1. The zero-order valence-electron chi connectivity index (χ0n) is 13.0. The quantitative estimate of drug-likeness (QED) is 0.661. The van der Waals surface area contributed by atoms with Gasteiger partial charge in [-0.15, -0.1) is 0 Å². The molecule has 9 nitrogen and oxygen atoms in total. The van der Waals surface area contributed by atoms with Crippen molar-refractivity contribution in [2.24, 2.45) is 7.05 Å². The number of nitrogens with zero attached hydrogens (tertiary/aromatic N) is 5. The van der Waals surface area contributed by atoms with Gasteiger partial charge < -0.3 is 9.40 Å². The van der Waals surface area contributed by atoms with Gasteiger partial charge in [0.25, 0.3) is 11.8 Å². The molecule has 0 atom stereocenters. The Bertz CT molecular complexity index is 984. The van der Waals surface area contributed by atoms with Gasteiger partial charge in [0.2, 0.25) is 0 Å². The third kappa shape index (κ3) is 2.38. The van der Waals surface area contributed by atoms with E-state index in [0.29, 0.717) is 10.8 Å². The van der Waals surface area contributed by atoms with Crippen molar-refractivity contribution in [3.05, 3.63) is 66.0 Å². The van der Waals surface area contributed by atoms with Crippen LogP contribution in [0.2, 0.25) is 0 Å². The summed E-state index contributed by atoms with van der Waals surface area (Å²) in [6.07, 6.45) is 6.18. The molecule has 0 radical (unpaired) electrons. The first-order valence-electron chi connectivity index (χ1n) is 7.28. The van der Waals surface area contributed by atoms with E-state index < -0.39 is 17.8 Å². The van der Waals surface area contributed by atoms with Gasteiger partial charge in [0.15, 0.2) is 5.69 Å². The summed E-state index contributed by atoms with van der Waals surface area (Å²) >= 11 is 0. The number of aryl methyl sites for hydroxylation is 1. The summed E-state index contributed by atoms with van der Waals surface area (Å²) in [5.74, 6) is -2.27. The number of carbonyl (C=O) groups excluding carboxylic acids is 3. The molecular formula is C16H11N5O4. The second-order valence-electron chi connectivity index (χ2n) is 5.37. The maximum atomic E-state index is 12.2. The minimum absolute atomic E-state index is 0.0413. The predicted octanol–water partition coefficient (Wildman–Crippen LogP) is 0.974. The van der Waals surface area contributed by atoms with Crippen molar-refractivity contribution in [1.82, 2.24) is 24.4 Å². The van der Waals surface area contributed by atoms with Crippen LogP contribution in [0, 0.1) is 0 Å². The zero-order valence-corrected chi connectivity index (χ0v) is 13.0. The highest BCUT2D eigenvalue weighted by Gasteiger charge is 2.39. The molecule has 1 aliphatic rings. The van der Waals surface area contributed by atoms with E-state index in [4.69, 9.17) is 4.84 Å². The van der Waals surface area contributed by atoms with Gasteiger partial charge in [0, 0.05) is 19.4 Å². The first-order valence-corrected chi connectivity index (χ1v) is 7.28. The van der Waals surface area contributed by atoms with E-state index in [9.17, 15) is 14.4 Å². The van der Waals surface area contributed by atoms with Crippen LogP contribution in [0.1, 0.15) is 31.2 Å². The van der Waals surface area contributed by atoms with Crippen LogP contribution in [0.25, 0.3) is 5.69 Å². The largest absolute Gasteiger partial charge is 0.383 e. The van der Waals surface area contributed by atoms with Crippen molar-refractivity contribution in [3.63, 3.8) is 0 Å². The van der Waals surface area contributed by atoms with Crippen molar-refractivity contribution >= 4 is 17.8 Å². The molecule has 0 aliphatic carbocycles. The molecule has 2 aromatic heterocycles. The van der Waals surface area contributed by atoms with Crippen LogP contribution < -0.4 is 0 Å². The van der Waals surface area contributed by atoms with Crippen molar-refractivity contribution in [1.29, 1.82) is 0 Å². The smallest absolute Gasteiger partial charge is 0.322 e. The van der Waals surface area contributed by atoms with E-state index in [2.05, 4.69) is 10.1 Å². The standard InChI is InChI=1S/C16H11N5O4/c1-19-7-10(6-18-19)20-8-13(17-9-20)16(24)25-21-14(22)11-4-2-3-5-12(11)15(21)23/h2-9H,1H3. The van der Waals surface area contributed by atoms with Crippen LogP contribution in [0.3, 0.4) is 0 Å². The molecule has 0 spiro atoms. The maximum Gasteiger partial charge on any atom is 0.383 e. The minimum Gasteiger partial charge on any atom is -0.322 e. The van der Waals surface area contributed by atoms with Crippen LogP contribution >= 0.6 is 0 Å². The van der Waals surface area contributed by atoms with Gasteiger partial charge in [-0.2, -0.15) is 5.10 Å². The van der Waals surface area contributed by atoms with Crippen molar-refractivity contribution in [2.45, 2.75) is 0 Å². The Morgan fingerprint density at radius 1 is 1.08 bits per heavy atom. The molecule has 0 saturated heterocycles. The number of benzene rings is 1. The topological polar surface area (TPSA) is 99.3 Å². The Balaban J connectivity index is 1.55. The fourth-order valence-electron chi connectivity index (χ4n) is 2.49. The van der Waals surface area contributed by atoms with Gasteiger partial charge in [0.1, 0.15) is 6.33 Å². The molecule has 4 rings (SSSR count). The number of hydroxylamine groups is 2. The summed E-state index contributed by atoms with van der Waals surface area (Å²) in [4.78, 5) is 45.5. The van der Waals surface area contributed by atoms with Gasteiger partial charge in [-0.1, -0.05) is 17.2 Å². The lowest BCUT2D eigenvalue weighted by atomic mass is 10.1. The molecule has 3 aromatic rings. The van der Waals surface area contributed by atoms with Gasteiger partial charge in [-0.3, -0.25) is 14.3 Å². The average molecular weight is 337 g/mol. The molecule has 0 bridgehead atoms. The summed E-state index contributed by atoms with van der Waals surface area (Å²) in [5, 5.41) is 4.48. The molecule has 2 amide bonds. The van der Waals surface area contributed by atoms with Crippen LogP contribution in [0.15, 0.2) is 49.2 Å². The van der Waals surface area contributed by atoms with E-state index in [1.165, 1.54) is 24.7 Å². The minimum atomic E-state index is -0.905. The van der Waals surface area contributed by atoms with E-state index >= 15 is 0 Å². The normalized spacial score (nSPS) is 13.2. The van der Waals surface area contributed by atoms with Crippen molar-refractivity contribution in [3.8, 4) is 5.69 Å². The number of hydrogen-bond donors (Lipinski definition) is 0. The summed E-state index contributed by atoms with van der Waals surface area (Å²) in [5.41, 5.74) is 1.05. The molecular weight excluding hydrogens is 326 g/mol. The second kappa shape index (κ2) is 5.41. The number of amides is 2. The molecule has 124 valence electrons. The van der Waals surface area contributed by atoms with Crippen molar-refractivity contribution in [2.75, 3.05) is 0 Å². The molecule has 25 heavy (non-hydrogen) atoms. The predicted molar refractivity (Wildman–Crippen MR) is 82.7 cm³/mol. The van der Waals surface area contributed by atoms with Gasteiger partial charge in [-0.05, 0) is 12.1 Å². The molecule has 0 unspecified atom stereocenters. The van der Waals surface area contributed by atoms with E-state index in [1.54, 1.807) is 40.8 Å². The van der Waals surface area contributed by atoms with Gasteiger partial charge >= 0.3 is 5.97 Å². The monoisotopic (exact) mass is 337 g/mol. The molecule has 1 aromatic carbocycles. The highest BCUT2D eigenvalue weighted by Crippen LogP contribution is 2.23. The molecule has 9 heteroatoms. The summed E-state index contributed by atoms with van der Waals surface area (Å²) < 4.78 is 3.18. The third-order valence-corrected chi connectivity index (χ3v) is 3.71. The van der Waals surface area contributed by atoms with Crippen LogP contribution in [0.4, 0.5) is 0 Å². The first kappa shape index (κ1) is 14.8. The highest BCUT2D eigenvalue weighted by molar-refractivity contribution is 6.21. The number of rotatable bonds is 3. The fraction of sp³-hybridized carbons (Fsp3) is 0.0625. The summed E-state index contributed by atoms with van der Waals surface area (Å²) in [6.45, 7) is 0. The molecule has 3 heterocycles.